The molecule has 0 aliphatic rings. The highest BCUT2D eigenvalue weighted by atomic mass is 127. The van der Waals surface area contributed by atoms with E-state index in [2.05, 4.69) is 15.6 Å². The average Bonchev–Trinajstić information content (AvgIpc) is 2.65. The third-order valence-electron chi connectivity index (χ3n) is 3.46. The Morgan fingerprint density at radius 3 is 2.44 bits per heavy atom. The van der Waals surface area contributed by atoms with E-state index in [1.807, 2.05) is 37.3 Å². The van der Waals surface area contributed by atoms with Gasteiger partial charge in [-0.05, 0) is 18.9 Å². The van der Waals surface area contributed by atoms with Gasteiger partial charge in [-0.15, -0.1) is 24.0 Å². The minimum atomic E-state index is -0.0268. The molecule has 0 bridgehead atoms. The Morgan fingerprint density at radius 1 is 1.07 bits per heavy atom. The first-order chi connectivity index (χ1) is 12.6. The maximum Gasteiger partial charge on any atom is 0.243 e. The number of carbonyl (C=O) groups excluding carboxylic acids is 1. The molecule has 1 rings (SSSR count). The highest BCUT2D eigenvalue weighted by Crippen LogP contribution is 2.00. The molecule has 2 N–H and O–H groups in total. The number of hydrogen-bond acceptors (Lipinski definition) is 4. The van der Waals surface area contributed by atoms with E-state index in [9.17, 15) is 4.79 Å². The molecular formula is C19H33IN4O3. The van der Waals surface area contributed by atoms with Crippen LogP contribution in [-0.4, -0.2) is 70.3 Å². The van der Waals surface area contributed by atoms with Gasteiger partial charge in [-0.25, -0.2) is 4.99 Å². The molecular weight excluding hydrogens is 459 g/mol. The molecule has 0 unspecified atom stereocenters. The van der Waals surface area contributed by atoms with Gasteiger partial charge in [0.1, 0.15) is 6.54 Å². The summed E-state index contributed by atoms with van der Waals surface area (Å²) in [4.78, 5) is 17.4. The predicted octanol–water partition coefficient (Wildman–Crippen LogP) is 1.87. The van der Waals surface area contributed by atoms with Crippen molar-refractivity contribution in [3.05, 3.63) is 35.9 Å². The van der Waals surface area contributed by atoms with Crippen molar-refractivity contribution < 1.29 is 14.3 Å². The Bertz CT molecular complexity index is 527. The van der Waals surface area contributed by atoms with Crippen molar-refractivity contribution in [1.82, 2.24) is 15.5 Å². The number of ether oxygens (including phenoxy) is 2. The third kappa shape index (κ3) is 13.4. The van der Waals surface area contributed by atoms with Gasteiger partial charge in [-0.1, -0.05) is 30.3 Å². The van der Waals surface area contributed by atoms with Crippen molar-refractivity contribution >= 4 is 35.8 Å². The van der Waals surface area contributed by atoms with Gasteiger partial charge in [0, 0.05) is 33.8 Å². The van der Waals surface area contributed by atoms with Crippen molar-refractivity contribution in [2.24, 2.45) is 4.99 Å². The minimum absolute atomic E-state index is 0. The second-order valence-corrected chi connectivity index (χ2v) is 5.91. The van der Waals surface area contributed by atoms with Gasteiger partial charge in [-0.3, -0.25) is 4.79 Å². The Morgan fingerprint density at radius 2 is 1.78 bits per heavy atom. The van der Waals surface area contributed by atoms with Crippen molar-refractivity contribution in [2.45, 2.75) is 20.0 Å². The highest BCUT2D eigenvalue weighted by molar-refractivity contribution is 14.0. The van der Waals surface area contributed by atoms with Crippen LogP contribution in [0.15, 0.2) is 35.3 Å². The minimum Gasteiger partial charge on any atom is -0.379 e. The van der Waals surface area contributed by atoms with Gasteiger partial charge in [0.2, 0.25) is 5.91 Å². The molecule has 7 nitrogen and oxygen atoms in total. The highest BCUT2D eigenvalue weighted by Gasteiger charge is 2.03. The van der Waals surface area contributed by atoms with Crippen molar-refractivity contribution in [1.29, 1.82) is 0 Å². The average molecular weight is 492 g/mol. The van der Waals surface area contributed by atoms with Crippen LogP contribution in [0.25, 0.3) is 0 Å². The molecule has 0 aliphatic heterocycles. The third-order valence-corrected chi connectivity index (χ3v) is 3.46. The number of nitrogens with one attached hydrogen (secondary N) is 2. The van der Waals surface area contributed by atoms with Crippen LogP contribution in [0.2, 0.25) is 0 Å². The number of guanidine groups is 1. The molecule has 0 saturated heterocycles. The van der Waals surface area contributed by atoms with Gasteiger partial charge < -0.3 is 25.0 Å². The lowest BCUT2D eigenvalue weighted by molar-refractivity contribution is -0.127. The van der Waals surface area contributed by atoms with Crippen LogP contribution in [0.3, 0.4) is 0 Å². The number of benzene rings is 1. The van der Waals surface area contributed by atoms with Gasteiger partial charge in [0.15, 0.2) is 5.96 Å². The van der Waals surface area contributed by atoms with E-state index >= 15 is 0 Å². The first-order valence-electron chi connectivity index (χ1n) is 9.05. The second kappa shape index (κ2) is 16.8. The SMILES string of the molecule is CCNC(=NCC(=O)N(C)C)NCCCOCCOCc1ccccc1.I. The predicted molar refractivity (Wildman–Crippen MR) is 120 cm³/mol. The first-order valence-corrected chi connectivity index (χ1v) is 9.05. The van der Waals surface area contributed by atoms with Crippen LogP contribution in [-0.2, 0) is 20.9 Å². The molecule has 0 aromatic heterocycles. The summed E-state index contributed by atoms with van der Waals surface area (Å²) in [6, 6.07) is 10.1. The second-order valence-electron chi connectivity index (χ2n) is 5.91. The number of nitrogens with zero attached hydrogens (tertiary/aromatic N) is 2. The molecule has 8 heteroatoms. The zero-order valence-corrected chi connectivity index (χ0v) is 18.9. The molecule has 0 fully saturated rings. The summed E-state index contributed by atoms with van der Waals surface area (Å²) in [6.07, 6.45) is 0.852. The van der Waals surface area contributed by atoms with E-state index in [4.69, 9.17) is 9.47 Å². The van der Waals surface area contributed by atoms with E-state index in [1.165, 1.54) is 10.5 Å². The topological polar surface area (TPSA) is 75.2 Å². The summed E-state index contributed by atoms with van der Waals surface area (Å²) >= 11 is 0. The first kappa shape index (κ1) is 25.6. The Balaban J connectivity index is 0.00000676. The molecule has 1 aromatic carbocycles. The fraction of sp³-hybridized carbons (Fsp3) is 0.579. The van der Waals surface area contributed by atoms with Crippen molar-refractivity contribution in [2.75, 3.05) is 53.6 Å². The Labute approximate surface area is 179 Å². The zero-order valence-electron chi connectivity index (χ0n) is 16.6. The smallest absolute Gasteiger partial charge is 0.243 e. The van der Waals surface area contributed by atoms with Gasteiger partial charge in [-0.2, -0.15) is 0 Å². The van der Waals surface area contributed by atoms with Crippen LogP contribution in [0, 0.1) is 0 Å². The van der Waals surface area contributed by atoms with Crippen LogP contribution in [0.5, 0.6) is 0 Å². The summed E-state index contributed by atoms with van der Waals surface area (Å²) in [5.41, 5.74) is 1.17. The summed E-state index contributed by atoms with van der Waals surface area (Å²) in [5, 5.41) is 6.31. The van der Waals surface area contributed by atoms with Crippen molar-refractivity contribution in [3.8, 4) is 0 Å². The Hall–Kier alpha value is -1.39. The zero-order chi connectivity index (χ0) is 19.0. The van der Waals surface area contributed by atoms with Crippen LogP contribution in [0.4, 0.5) is 0 Å². The number of likely N-dealkylation sites (N-methyl/N-ethyl adjacent to an activating group) is 1. The molecule has 0 saturated carbocycles. The lowest BCUT2D eigenvalue weighted by Crippen LogP contribution is -2.39. The number of aliphatic imine (C=N–C) groups is 1. The molecule has 27 heavy (non-hydrogen) atoms. The maximum absolute atomic E-state index is 11.6. The molecule has 1 amide bonds. The van der Waals surface area contributed by atoms with E-state index in [1.54, 1.807) is 14.1 Å². The van der Waals surface area contributed by atoms with Crippen LogP contribution < -0.4 is 10.6 Å². The molecule has 0 radical (unpaired) electrons. The fourth-order valence-electron chi connectivity index (χ4n) is 2.00. The lowest BCUT2D eigenvalue weighted by Gasteiger charge is -2.12. The summed E-state index contributed by atoms with van der Waals surface area (Å²) in [7, 11) is 3.44. The molecule has 0 heterocycles. The molecule has 154 valence electrons. The van der Waals surface area contributed by atoms with Gasteiger partial charge >= 0.3 is 0 Å². The van der Waals surface area contributed by atoms with Gasteiger partial charge in [0.05, 0.1) is 19.8 Å². The normalized spacial score (nSPS) is 10.9. The van der Waals surface area contributed by atoms with Crippen LogP contribution >= 0.6 is 24.0 Å². The summed E-state index contributed by atoms with van der Waals surface area (Å²) in [5.74, 6) is 0.620. The summed E-state index contributed by atoms with van der Waals surface area (Å²) in [6.45, 7) is 6.03. The number of hydrogen-bond donors (Lipinski definition) is 2. The quantitative estimate of drug-likeness (QED) is 0.202. The maximum atomic E-state index is 11.6. The monoisotopic (exact) mass is 492 g/mol. The number of rotatable bonds is 12. The molecule has 1 aromatic rings. The van der Waals surface area contributed by atoms with E-state index < -0.39 is 0 Å². The number of carbonyl (C=O) groups is 1. The largest absolute Gasteiger partial charge is 0.379 e. The van der Waals surface area contributed by atoms with Gasteiger partial charge in [0.25, 0.3) is 0 Å². The molecule has 0 atom stereocenters. The Kier molecular flexibility index (Phi) is 15.9. The number of halogens is 1. The lowest BCUT2D eigenvalue weighted by atomic mass is 10.2. The molecule has 0 aliphatic carbocycles. The summed E-state index contributed by atoms with van der Waals surface area (Å²) < 4.78 is 11.1. The van der Waals surface area contributed by atoms with Crippen molar-refractivity contribution in [3.63, 3.8) is 0 Å². The molecule has 0 spiro atoms. The number of amides is 1. The fourth-order valence-corrected chi connectivity index (χ4v) is 2.00. The standard InChI is InChI=1S/C19H32N4O3.HI/c1-4-20-19(22-15-18(24)23(2)3)21-11-8-12-25-13-14-26-16-17-9-6-5-7-10-17;/h5-7,9-10H,4,8,11-16H2,1-3H3,(H2,20,21,22);1H. The van der Waals surface area contributed by atoms with E-state index in [-0.39, 0.29) is 36.4 Å². The van der Waals surface area contributed by atoms with E-state index in [0.29, 0.717) is 32.4 Å². The van der Waals surface area contributed by atoms with Crippen LogP contribution in [0.1, 0.15) is 18.9 Å². The van der Waals surface area contributed by atoms with E-state index in [0.717, 1.165) is 19.5 Å².